The van der Waals surface area contributed by atoms with E-state index in [1.165, 1.54) is 0 Å². The predicted molar refractivity (Wildman–Crippen MR) is 80.4 cm³/mol. The van der Waals surface area contributed by atoms with Crippen LogP contribution in [0.4, 0.5) is 0 Å². The van der Waals surface area contributed by atoms with Crippen LogP contribution in [0.3, 0.4) is 0 Å². The van der Waals surface area contributed by atoms with Gasteiger partial charge in [0.25, 0.3) is 0 Å². The summed E-state index contributed by atoms with van der Waals surface area (Å²) in [7, 11) is 7.02. The minimum Gasteiger partial charge on any atom is -0.497 e. The van der Waals surface area contributed by atoms with Gasteiger partial charge in [0, 0.05) is 37.4 Å². The predicted octanol–water partition coefficient (Wildman–Crippen LogP) is 1.67. The average Bonchev–Trinajstić information content (AvgIpc) is 2.46. The second kappa shape index (κ2) is 8.09. The highest BCUT2D eigenvalue weighted by atomic mass is 16.5. The highest BCUT2D eigenvalue weighted by Crippen LogP contribution is 2.28. The van der Waals surface area contributed by atoms with Gasteiger partial charge in [-0.15, -0.1) is 0 Å². The molecule has 20 heavy (non-hydrogen) atoms. The number of methoxy groups -OCH3 is 3. The highest BCUT2D eigenvalue weighted by molar-refractivity contribution is 5.42. The summed E-state index contributed by atoms with van der Waals surface area (Å²) >= 11 is 0. The lowest BCUT2D eigenvalue weighted by Crippen LogP contribution is -2.38. The van der Waals surface area contributed by atoms with Gasteiger partial charge in [-0.25, -0.2) is 0 Å². The van der Waals surface area contributed by atoms with E-state index in [1.807, 2.05) is 25.2 Å². The van der Waals surface area contributed by atoms with Crippen LogP contribution in [0, 0.1) is 0 Å². The van der Waals surface area contributed by atoms with Gasteiger partial charge in [0.2, 0.25) is 0 Å². The maximum absolute atomic E-state index is 6.29. The van der Waals surface area contributed by atoms with Crippen LogP contribution < -0.4 is 15.2 Å². The fourth-order valence-corrected chi connectivity index (χ4v) is 2.08. The number of nitrogens with zero attached hydrogens (tertiary/aromatic N) is 1. The van der Waals surface area contributed by atoms with Crippen LogP contribution in [0.1, 0.15) is 18.5 Å². The van der Waals surface area contributed by atoms with E-state index in [9.17, 15) is 0 Å². The molecule has 114 valence electrons. The van der Waals surface area contributed by atoms with Crippen molar-refractivity contribution in [2.75, 3.05) is 41.5 Å². The lowest BCUT2D eigenvalue weighted by atomic mass is 10.1. The van der Waals surface area contributed by atoms with Crippen LogP contribution in [0.25, 0.3) is 0 Å². The molecule has 0 heterocycles. The maximum Gasteiger partial charge on any atom is 0.127 e. The number of hydrogen-bond donors (Lipinski definition) is 1. The minimum atomic E-state index is -0.125. The molecule has 0 spiro atoms. The van der Waals surface area contributed by atoms with Gasteiger partial charge in [-0.3, -0.25) is 4.90 Å². The van der Waals surface area contributed by atoms with Crippen molar-refractivity contribution in [3.05, 3.63) is 23.8 Å². The second-order valence-corrected chi connectivity index (χ2v) is 4.96. The molecule has 0 saturated heterocycles. The normalized spacial score (nSPS) is 14.2. The van der Waals surface area contributed by atoms with E-state index in [0.717, 1.165) is 23.6 Å². The summed E-state index contributed by atoms with van der Waals surface area (Å²) in [5, 5.41) is 0. The minimum absolute atomic E-state index is 0.125. The Kier molecular flexibility index (Phi) is 6.78. The van der Waals surface area contributed by atoms with Crippen LogP contribution in [0.5, 0.6) is 11.5 Å². The van der Waals surface area contributed by atoms with Crippen LogP contribution in [0.15, 0.2) is 18.2 Å². The molecule has 0 radical (unpaired) electrons. The SMILES string of the molecule is COCC(C)N(C)CC(N)c1ccc(OC)cc1OC. The quantitative estimate of drug-likeness (QED) is 0.786. The molecular weight excluding hydrogens is 256 g/mol. The van der Waals surface area contributed by atoms with Crippen LogP contribution in [-0.4, -0.2) is 52.5 Å². The van der Waals surface area contributed by atoms with Crippen molar-refractivity contribution in [1.82, 2.24) is 4.90 Å². The maximum atomic E-state index is 6.29. The zero-order chi connectivity index (χ0) is 15.1. The van der Waals surface area contributed by atoms with Gasteiger partial charge in [0.15, 0.2) is 0 Å². The monoisotopic (exact) mass is 282 g/mol. The lowest BCUT2D eigenvalue weighted by Gasteiger charge is -2.27. The molecule has 0 aliphatic carbocycles. The Morgan fingerprint density at radius 1 is 1.20 bits per heavy atom. The van der Waals surface area contributed by atoms with Crippen molar-refractivity contribution >= 4 is 0 Å². The Morgan fingerprint density at radius 2 is 1.90 bits per heavy atom. The van der Waals surface area contributed by atoms with Crippen molar-refractivity contribution in [3.63, 3.8) is 0 Å². The van der Waals surface area contributed by atoms with Gasteiger partial charge >= 0.3 is 0 Å². The highest BCUT2D eigenvalue weighted by Gasteiger charge is 2.17. The molecular formula is C15H26N2O3. The molecule has 0 aliphatic rings. The molecule has 2 atom stereocenters. The summed E-state index contributed by atoms with van der Waals surface area (Å²) in [4.78, 5) is 2.18. The largest absolute Gasteiger partial charge is 0.497 e. The summed E-state index contributed by atoms with van der Waals surface area (Å²) in [5.74, 6) is 1.52. The van der Waals surface area contributed by atoms with Gasteiger partial charge in [-0.1, -0.05) is 6.07 Å². The molecule has 0 fully saturated rings. The van der Waals surface area contributed by atoms with Gasteiger partial charge < -0.3 is 19.9 Å². The Hall–Kier alpha value is -1.30. The molecule has 0 aromatic heterocycles. The Labute approximate surface area is 121 Å². The average molecular weight is 282 g/mol. The first kappa shape index (κ1) is 16.8. The fraction of sp³-hybridized carbons (Fsp3) is 0.600. The zero-order valence-electron chi connectivity index (χ0n) is 13.1. The topological polar surface area (TPSA) is 57.0 Å². The molecule has 0 saturated carbocycles. The Morgan fingerprint density at radius 3 is 2.45 bits per heavy atom. The molecule has 0 amide bonds. The third-order valence-corrected chi connectivity index (χ3v) is 3.49. The summed E-state index contributed by atoms with van der Waals surface area (Å²) in [5.41, 5.74) is 7.27. The molecule has 1 aromatic rings. The van der Waals surface area contributed by atoms with Crippen LogP contribution >= 0.6 is 0 Å². The van der Waals surface area contributed by atoms with Crippen LogP contribution in [-0.2, 0) is 4.74 Å². The van der Waals surface area contributed by atoms with E-state index in [0.29, 0.717) is 12.6 Å². The lowest BCUT2D eigenvalue weighted by molar-refractivity contribution is 0.112. The van der Waals surface area contributed by atoms with E-state index in [2.05, 4.69) is 11.8 Å². The first-order chi connectivity index (χ1) is 9.53. The molecule has 2 unspecified atom stereocenters. The number of nitrogens with two attached hydrogens (primary N) is 1. The summed E-state index contributed by atoms with van der Waals surface area (Å²) < 4.78 is 15.8. The molecule has 0 aliphatic heterocycles. The van der Waals surface area contributed by atoms with Crippen molar-refractivity contribution in [1.29, 1.82) is 0 Å². The van der Waals surface area contributed by atoms with E-state index >= 15 is 0 Å². The molecule has 5 nitrogen and oxygen atoms in total. The second-order valence-electron chi connectivity index (χ2n) is 4.96. The van der Waals surface area contributed by atoms with Crippen molar-refractivity contribution in [2.45, 2.75) is 19.0 Å². The van der Waals surface area contributed by atoms with E-state index in [1.54, 1.807) is 21.3 Å². The standard InChI is InChI=1S/C15H26N2O3/c1-11(10-18-3)17(2)9-14(16)13-7-6-12(19-4)8-15(13)20-5/h6-8,11,14H,9-10,16H2,1-5H3. The van der Waals surface area contributed by atoms with E-state index in [-0.39, 0.29) is 6.04 Å². The number of likely N-dealkylation sites (N-methyl/N-ethyl adjacent to an activating group) is 1. The third-order valence-electron chi connectivity index (χ3n) is 3.49. The van der Waals surface area contributed by atoms with Gasteiger partial charge in [0.05, 0.1) is 20.8 Å². The van der Waals surface area contributed by atoms with Gasteiger partial charge in [-0.05, 0) is 20.0 Å². The number of hydrogen-bond acceptors (Lipinski definition) is 5. The molecule has 5 heteroatoms. The summed E-state index contributed by atoms with van der Waals surface area (Å²) in [6.07, 6.45) is 0. The molecule has 1 aromatic carbocycles. The van der Waals surface area contributed by atoms with Crippen molar-refractivity contribution < 1.29 is 14.2 Å². The zero-order valence-corrected chi connectivity index (χ0v) is 13.1. The van der Waals surface area contributed by atoms with E-state index in [4.69, 9.17) is 19.9 Å². The summed E-state index contributed by atoms with van der Waals surface area (Å²) in [6.45, 7) is 3.53. The third kappa shape index (κ3) is 4.37. The van der Waals surface area contributed by atoms with Crippen molar-refractivity contribution in [3.8, 4) is 11.5 Å². The smallest absolute Gasteiger partial charge is 0.127 e. The van der Waals surface area contributed by atoms with Crippen LogP contribution in [0.2, 0.25) is 0 Å². The number of ether oxygens (including phenoxy) is 3. The van der Waals surface area contributed by atoms with Gasteiger partial charge in [-0.2, -0.15) is 0 Å². The Balaban J connectivity index is 2.78. The van der Waals surface area contributed by atoms with Crippen molar-refractivity contribution in [2.24, 2.45) is 5.73 Å². The number of rotatable bonds is 8. The molecule has 2 N–H and O–H groups in total. The van der Waals surface area contributed by atoms with E-state index < -0.39 is 0 Å². The molecule has 1 rings (SSSR count). The first-order valence-electron chi connectivity index (χ1n) is 6.70. The number of benzene rings is 1. The first-order valence-corrected chi connectivity index (χ1v) is 6.70. The summed E-state index contributed by atoms with van der Waals surface area (Å²) in [6, 6.07) is 5.90. The fourth-order valence-electron chi connectivity index (χ4n) is 2.08. The van der Waals surface area contributed by atoms with Gasteiger partial charge in [0.1, 0.15) is 11.5 Å². The Bertz CT molecular complexity index is 412. The molecule has 0 bridgehead atoms.